The van der Waals surface area contributed by atoms with Crippen molar-refractivity contribution >= 4 is 26.7 Å². The average molecular weight is 345 g/mol. The molecule has 0 amide bonds. The Morgan fingerprint density at radius 2 is 2.00 bits per heavy atom. The standard InChI is InChI=1S/C17H17BrN2O/c1-3-20-14(10-12(2)19-20)11-21-16-9-8-13-6-4-5-7-15(13)17(16)18/h4-10H,3,11H2,1-2H3. The molecule has 3 aromatic rings. The molecule has 0 N–H and O–H groups in total. The highest BCUT2D eigenvalue weighted by Crippen LogP contribution is 2.33. The zero-order valence-corrected chi connectivity index (χ0v) is 13.7. The molecule has 108 valence electrons. The molecule has 0 spiro atoms. The predicted octanol–water partition coefficient (Wildman–Crippen LogP) is 4.71. The molecule has 0 bridgehead atoms. The van der Waals surface area contributed by atoms with Crippen molar-refractivity contribution in [1.82, 2.24) is 9.78 Å². The van der Waals surface area contributed by atoms with Crippen LogP contribution in [0.4, 0.5) is 0 Å². The summed E-state index contributed by atoms with van der Waals surface area (Å²) in [5, 5.41) is 6.80. The van der Waals surface area contributed by atoms with Crippen molar-refractivity contribution in [3.8, 4) is 5.75 Å². The zero-order chi connectivity index (χ0) is 14.8. The van der Waals surface area contributed by atoms with E-state index in [1.54, 1.807) is 0 Å². The van der Waals surface area contributed by atoms with Crippen molar-refractivity contribution in [3.05, 3.63) is 58.3 Å². The Labute approximate surface area is 132 Å². The van der Waals surface area contributed by atoms with Crippen LogP contribution in [0.2, 0.25) is 0 Å². The third-order valence-electron chi connectivity index (χ3n) is 3.49. The van der Waals surface area contributed by atoms with E-state index in [9.17, 15) is 0 Å². The molecule has 4 heteroatoms. The van der Waals surface area contributed by atoms with Gasteiger partial charge in [0.25, 0.3) is 0 Å². The molecule has 3 nitrogen and oxygen atoms in total. The van der Waals surface area contributed by atoms with Gasteiger partial charge in [-0.1, -0.05) is 30.3 Å². The van der Waals surface area contributed by atoms with Crippen LogP contribution in [0.25, 0.3) is 10.8 Å². The van der Waals surface area contributed by atoms with Crippen LogP contribution in [0.15, 0.2) is 46.9 Å². The maximum Gasteiger partial charge on any atom is 0.134 e. The van der Waals surface area contributed by atoms with Crippen LogP contribution in [0.5, 0.6) is 5.75 Å². The number of hydrogen-bond donors (Lipinski definition) is 0. The molecule has 0 radical (unpaired) electrons. The van der Waals surface area contributed by atoms with Gasteiger partial charge in [-0.15, -0.1) is 0 Å². The summed E-state index contributed by atoms with van der Waals surface area (Å²) in [7, 11) is 0. The lowest BCUT2D eigenvalue weighted by molar-refractivity contribution is 0.291. The van der Waals surface area contributed by atoms with Crippen LogP contribution in [-0.2, 0) is 13.2 Å². The molecule has 2 aromatic carbocycles. The summed E-state index contributed by atoms with van der Waals surface area (Å²) in [6.07, 6.45) is 0. The maximum atomic E-state index is 5.98. The fourth-order valence-corrected chi connectivity index (χ4v) is 3.07. The Kier molecular flexibility index (Phi) is 3.97. The lowest BCUT2D eigenvalue weighted by atomic mass is 10.1. The van der Waals surface area contributed by atoms with Gasteiger partial charge in [0.1, 0.15) is 12.4 Å². The molecule has 0 unspecified atom stereocenters. The number of hydrogen-bond acceptors (Lipinski definition) is 2. The van der Waals surface area contributed by atoms with Gasteiger partial charge in [-0.25, -0.2) is 0 Å². The van der Waals surface area contributed by atoms with Gasteiger partial charge in [-0.05, 0) is 52.7 Å². The maximum absolute atomic E-state index is 5.98. The van der Waals surface area contributed by atoms with Crippen LogP contribution in [0.1, 0.15) is 18.3 Å². The topological polar surface area (TPSA) is 27.1 Å². The minimum atomic E-state index is 0.519. The van der Waals surface area contributed by atoms with Crippen LogP contribution in [0.3, 0.4) is 0 Å². The minimum absolute atomic E-state index is 0.519. The van der Waals surface area contributed by atoms with Crippen LogP contribution in [-0.4, -0.2) is 9.78 Å². The second-order valence-electron chi connectivity index (χ2n) is 4.98. The number of nitrogens with zero attached hydrogens (tertiary/aromatic N) is 2. The Bertz CT molecular complexity index is 780. The van der Waals surface area contributed by atoms with Crippen molar-refractivity contribution in [2.75, 3.05) is 0 Å². The van der Waals surface area contributed by atoms with Crippen molar-refractivity contribution < 1.29 is 4.74 Å². The third-order valence-corrected chi connectivity index (χ3v) is 4.31. The molecule has 0 aliphatic rings. The lowest BCUT2D eigenvalue weighted by Crippen LogP contribution is -2.06. The van der Waals surface area contributed by atoms with Crippen molar-refractivity contribution in [1.29, 1.82) is 0 Å². The van der Waals surface area contributed by atoms with Gasteiger partial charge in [0.05, 0.1) is 15.9 Å². The van der Waals surface area contributed by atoms with Crippen molar-refractivity contribution in [2.45, 2.75) is 27.0 Å². The number of benzene rings is 2. The van der Waals surface area contributed by atoms with Gasteiger partial charge in [-0.3, -0.25) is 4.68 Å². The first kappa shape index (κ1) is 14.1. The number of halogens is 1. The second-order valence-corrected chi connectivity index (χ2v) is 5.77. The normalized spacial score (nSPS) is 11.0. The molecule has 3 rings (SSSR count). The van der Waals surface area contributed by atoms with E-state index in [1.165, 1.54) is 5.39 Å². The summed E-state index contributed by atoms with van der Waals surface area (Å²) >= 11 is 3.65. The fourth-order valence-electron chi connectivity index (χ4n) is 2.47. The van der Waals surface area contributed by atoms with Gasteiger partial charge in [0.2, 0.25) is 0 Å². The van der Waals surface area contributed by atoms with Crippen LogP contribution < -0.4 is 4.74 Å². The van der Waals surface area contributed by atoms with E-state index in [4.69, 9.17) is 4.74 Å². The summed E-state index contributed by atoms with van der Waals surface area (Å²) in [5.41, 5.74) is 2.11. The third kappa shape index (κ3) is 2.81. The highest BCUT2D eigenvalue weighted by atomic mass is 79.9. The van der Waals surface area contributed by atoms with Crippen molar-refractivity contribution in [2.24, 2.45) is 0 Å². The molecule has 0 saturated carbocycles. The SMILES string of the molecule is CCn1nc(C)cc1COc1ccc2ccccc2c1Br. The van der Waals surface area contributed by atoms with E-state index < -0.39 is 0 Å². The number of ether oxygens (including phenoxy) is 1. The highest BCUT2D eigenvalue weighted by Gasteiger charge is 2.09. The number of aryl methyl sites for hydroxylation is 2. The van der Waals surface area contributed by atoms with E-state index in [1.807, 2.05) is 29.8 Å². The molecule has 1 aromatic heterocycles. The number of aromatic nitrogens is 2. The summed E-state index contributed by atoms with van der Waals surface area (Å²) < 4.78 is 8.96. The van der Waals surface area contributed by atoms with Gasteiger partial charge >= 0.3 is 0 Å². The fraction of sp³-hybridized carbons (Fsp3) is 0.235. The molecule has 1 heterocycles. The Balaban J connectivity index is 1.86. The van der Waals surface area contributed by atoms with Crippen LogP contribution in [0, 0.1) is 6.92 Å². The molecule has 0 atom stereocenters. The quantitative estimate of drug-likeness (QED) is 0.685. The van der Waals surface area contributed by atoms with Crippen molar-refractivity contribution in [3.63, 3.8) is 0 Å². The first-order chi connectivity index (χ1) is 10.2. The largest absolute Gasteiger partial charge is 0.486 e. The first-order valence-corrected chi connectivity index (χ1v) is 7.81. The summed E-state index contributed by atoms with van der Waals surface area (Å²) in [5.74, 6) is 0.857. The highest BCUT2D eigenvalue weighted by molar-refractivity contribution is 9.10. The molecule has 0 saturated heterocycles. The lowest BCUT2D eigenvalue weighted by Gasteiger charge is -2.11. The molecular formula is C17H17BrN2O. The zero-order valence-electron chi connectivity index (χ0n) is 12.1. The molecule has 0 aliphatic carbocycles. The van der Waals surface area contributed by atoms with Gasteiger partial charge < -0.3 is 4.74 Å². The van der Waals surface area contributed by atoms with E-state index in [-0.39, 0.29) is 0 Å². The number of fused-ring (bicyclic) bond motifs is 1. The molecule has 0 aliphatic heterocycles. The van der Waals surface area contributed by atoms with Gasteiger partial charge in [-0.2, -0.15) is 5.10 Å². The Morgan fingerprint density at radius 3 is 2.81 bits per heavy atom. The average Bonchev–Trinajstić information content (AvgIpc) is 2.87. The Hall–Kier alpha value is -1.81. The van der Waals surface area contributed by atoms with E-state index >= 15 is 0 Å². The first-order valence-electron chi connectivity index (χ1n) is 7.02. The number of rotatable bonds is 4. The smallest absolute Gasteiger partial charge is 0.134 e. The monoisotopic (exact) mass is 344 g/mol. The Morgan fingerprint density at radius 1 is 1.19 bits per heavy atom. The molecular weight excluding hydrogens is 328 g/mol. The minimum Gasteiger partial charge on any atom is -0.486 e. The second kappa shape index (κ2) is 5.90. The van der Waals surface area contributed by atoms with E-state index in [0.29, 0.717) is 6.61 Å². The van der Waals surface area contributed by atoms with Crippen LogP contribution >= 0.6 is 15.9 Å². The predicted molar refractivity (Wildman–Crippen MR) is 88.6 cm³/mol. The molecule has 0 fully saturated rings. The van der Waals surface area contributed by atoms with Gasteiger partial charge in [0, 0.05) is 6.54 Å². The summed E-state index contributed by atoms with van der Waals surface area (Å²) in [6.45, 7) is 5.46. The van der Waals surface area contributed by atoms with E-state index in [2.05, 4.69) is 52.2 Å². The summed E-state index contributed by atoms with van der Waals surface area (Å²) in [4.78, 5) is 0. The van der Waals surface area contributed by atoms with E-state index in [0.717, 1.165) is 33.5 Å². The van der Waals surface area contributed by atoms with Gasteiger partial charge in [0.15, 0.2) is 0 Å². The molecule has 21 heavy (non-hydrogen) atoms. The summed E-state index contributed by atoms with van der Waals surface area (Å²) in [6, 6.07) is 14.4.